The van der Waals surface area contributed by atoms with Gasteiger partial charge in [-0.05, 0) is 36.8 Å². The summed E-state index contributed by atoms with van der Waals surface area (Å²) in [6, 6.07) is 11.3. The Labute approximate surface area is 160 Å². The summed E-state index contributed by atoms with van der Waals surface area (Å²) >= 11 is 0. The third kappa shape index (κ3) is 4.77. The van der Waals surface area contributed by atoms with E-state index in [-0.39, 0.29) is 4.90 Å². The Kier molecular flexibility index (Phi) is 6.30. The van der Waals surface area contributed by atoms with Crippen LogP contribution in [0.4, 0.5) is 5.82 Å². The first-order valence-electron chi connectivity index (χ1n) is 8.97. The van der Waals surface area contributed by atoms with Crippen LogP contribution in [-0.4, -0.2) is 57.7 Å². The summed E-state index contributed by atoms with van der Waals surface area (Å²) in [4.78, 5) is 6.53. The number of hydrogen-bond acceptors (Lipinski definition) is 6. The van der Waals surface area contributed by atoms with Crippen LogP contribution in [0, 0.1) is 0 Å². The van der Waals surface area contributed by atoms with Crippen LogP contribution in [0.5, 0.6) is 5.75 Å². The molecule has 0 spiro atoms. The maximum Gasteiger partial charge on any atom is 0.244 e. The van der Waals surface area contributed by atoms with Gasteiger partial charge in [0, 0.05) is 32.9 Å². The molecule has 0 N–H and O–H groups in total. The van der Waals surface area contributed by atoms with E-state index in [4.69, 9.17) is 9.47 Å². The van der Waals surface area contributed by atoms with Gasteiger partial charge in [-0.15, -0.1) is 0 Å². The Bertz CT molecular complexity index is 832. The molecule has 1 fully saturated rings. The molecular formula is C19H25N3O4S. The maximum atomic E-state index is 12.6. The molecule has 1 aliphatic rings. The van der Waals surface area contributed by atoms with Crippen LogP contribution in [0.3, 0.4) is 0 Å². The van der Waals surface area contributed by atoms with Crippen molar-refractivity contribution in [1.82, 2.24) is 9.29 Å². The number of aromatic nitrogens is 1. The minimum absolute atomic E-state index is 0.211. The summed E-state index contributed by atoms with van der Waals surface area (Å²) in [5.41, 5.74) is 1.12. The molecule has 1 aromatic heterocycles. The molecule has 1 aromatic carbocycles. The number of hydrogen-bond donors (Lipinski definition) is 0. The van der Waals surface area contributed by atoms with Crippen molar-refractivity contribution >= 4 is 15.8 Å². The van der Waals surface area contributed by atoms with E-state index in [0.29, 0.717) is 45.3 Å². The molecule has 0 saturated carbocycles. The van der Waals surface area contributed by atoms with Crippen molar-refractivity contribution < 1.29 is 17.9 Å². The highest BCUT2D eigenvalue weighted by Crippen LogP contribution is 2.20. The quantitative estimate of drug-likeness (QED) is 0.720. The molecule has 2 heterocycles. The predicted octanol–water partition coefficient (Wildman–Crippen LogP) is 2.14. The monoisotopic (exact) mass is 391 g/mol. The van der Waals surface area contributed by atoms with E-state index in [1.54, 1.807) is 12.1 Å². The number of benzene rings is 1. The lowest BCUT2D eigenvalue weighted by Crippen LogP contribution is -2.40. The normalized spacial score (nSPS) is 15.5. The van der Waals surface area contributed by atoms with E-state index in [9.17, 15) is 8.42 Å². The molecule has 146 valence electrons. The van der Waals surface area contributed by atoms with E-state index in [1.165, 1.54) is 10.5 Å². The zero-order chi connectivity index (χ0) is 19.3. The summed E-state index contributed by atoms with van der Waals surface area (Å²) in [7, 11) is -1.59. The van der Waals surface area contributed by atoms with E-state index in [1.807, 2.05) is 43.1 Å². The summed E-state index contributed by atoms with van der Waals surface area (Å²) < 4.78 is 37.4. The third-order valence-electron chi connectivity index (χ3n) is 4.37. The van der Waals surface area contributed by atoms with Crippen molar-refractivity contribution in [2.75, 3.05) is 44.9 Å². The number of pyridine rings is 1. The Morgan fingerprint density at radius 3 is 2.44 bits per heavy atom. The van der Waals surface area contributed by atoms with Crippen molar-refractivity contribution in [2.24, 2.45) is 0 Å². The number of rotatable bonds is 7. The van der Waals surface area contributed by atoms with Gasteiger partial charge in [-0.3, -0.25) is 0 Å². The Morgan fingerprint density at radius 2 is 1.85 bits per heavy atom. The molecule has 8 heteroatoms. The van der Waals surface area contributed by atoms with Crippen LogP contribution in [0.15, 0.2) is 47.5 Å². The number of morpholine rings is 1. The lowest BCUT2D eigenvalue weighted by molar-refractivity contribution is 0.0730. The first-order chi connectivity index (χ1) is 13.0. The zero-order valence-corrected chi connectivity index (χ0v) is 16.5. The SMILES string of the molecule is CCOc1ccc(CN(C)c2ccc(S(=O)(=O)N3CCOCC3)cn2)cc1. The molecule has 2 aromatic rings. The summed E-state index contributed by atoms with van der Waals surface area (Å²) in [5, 5.41) is 0. The van der Waals surface area contributed by atoms with Gasteiger partial charge in [-0.25, -0.2) is 13.4 Å². The van der Waals surface area contributed by atoms with Gasteiger partial charge in [0.1, 0.15) is 16.5 Å². The molecule has 0 bridgehead atoms. The molecule has 7 nitrogen and oxygen atoms in total. The molecule has 0 aliphatic carbocycles. The summed E-state index contributed by atoms with van der Waals surface area (Å²) in [5.74, 6) is 1.56. The molecule has 0 atom stereocenters. The van der Waals surface area contributed by atoms with Gasteiger partial charge in [-0.2, -0.15) is 4.31 Å². The Morgan fingerprint density at radius 1 is 1.15 bits per heavy atom. The van der Waals surface area contributed by atoms with Crippen molar-refractivity contribution in [1.29, 1.82) is 0 Å². The van der Waals surface area contributed by atoms with Crippen molar-refractivity contribution in [3.8, 4) is 5.75 Å². The second-order valence-electron chi connectivity index (χ2n) is 6.30. The lowest BCUT2D eigenvalue weighted by atomic mass is 10.2. The fraction of sp³-hybridized carbons (Fsp3) is 0.421. The van der Waals surface area contributed by atoms with Crippen molar-refractivity contribution in [2.45, 2.75) is 18.4 Å². The number of anilines is 1. The summed E-state index contributed by atoms with van der Waals surface area (Å²) in [6.45, 7) is 4.86. The topological polar surface area (TPSA) is 72.0 Å². The molecule has 3 rings (SSSR count). The lowest BCUT2D eigenvalue weighted by Gasteiger charge is -2.26. The standard InChI is InChI=1S/C19H25N3O4S/c1-3-26-17-6-4-16(5-7-17)15-21(2)19-9-8-18(14-20-19)27(23,24)22-10-12-25-13-11-22/h4-9,14H,3,10-13,15H2,1-2H3. The van der Waals surface area contributed by atoms with E-state index in [0.717, 1.165) is 11.3 Å². The van der Waals surface area contributed by atoms with Crippen molar-refractivity contribution in [3.05, 3.63) is 48.2 Å². The van der Waals surface area contributed by atoms with Gasteiger partial charge in [0.05, 0.1) is 19.8 Å². The number of nitrogens with zero attached hydrogens (tertiary/aromatic N) is 3. The molecule has 1 saturated heterocycles. The highest BCUT2D eigenvalue weighted by atomic mass is 32.2. The van der Waals surface area contributed by atoms with Crippen LogP contribution in [0.1, 0.15) is 12.5 Å². The number of ether oxygens (including phenoxy) is 2. The molecule has 1 aliphatic heterocycles. The van der Waals surface area contributed by atoms with Gasteiger partial charge in [-0.1, -0.05) is 12.1 Å². The van der Waals surface area contributed by atoms with Gasteiger partial charge in [0.15, 0.2) is 0 Å². The van der Waals surface area contributed by atoms with Crippen LogP contribution in [0.25, 0.3) is 0 Å². The first-order valence-corrected chi connectivity index (χ1v) is 10.4. The molecule has 0 amide bonds. The van der Waals surface area contributed by atoms with Crippen molar-refractivity contribution in [3.63, 3.8) is 0 Å². The van der Waals surface area contributed by atoms with Gasteiger partial charge in [0.25, 0.3) is 0 Å². The van der Waals surface area contributed by atoms with Gasteiger partial charge in [0.2, 0.25) is 10.0 Å². The van der Waals surface area contributed by atoms with Crippen LogP contribution < -0.4 is 9.64 Å². The molecular weight excluding hydrogens is 366 g/mol. The highest BCUT2D eigenvalue weighted by molar-refractivity contribution is 7.89. The molecule has 0 radical (unpaired) electrons. The predicted molar refractivity (Wildman–Crippen MR) is 104 cm³/mol. The average Bonchev–Trinajstić information content (AvgIpc) is 2.70. The van der Waals surface area contributed by atoms with Gasteiger partial charge >= 0.3 is 0 Å². The zero-order valence-electron chi connectivity index (χ0n) is 15.7. The fourth-order valence-electron chi connectivity index (χ4n) is 2.90. The summed E-state index contributed by atoms with van der Waals surface area (Å²) in [6.07, 6.45) is 1.43. The number of sulfonamides is 1. The fourth-order valence-corrected chi connectivity index (χ4v) is 4.25. The van der Waals surface area contributed by atoms with Gasteiger partial charge < -0.3 is 14.4 Å². The third-order valence-corrected chi connectivity index (χ3v) is 6.26. The molecule has 0 unspecified atom stereocenters. The smallest absolute Gasteiger partial charge is 0.244 e. The van der Waals surface area contributed by atoms with E-state index in [2.05, 4.69) is 4.98 Å². The van der Waals surface area contributed by atoms with E-state index >= 15 is 0 Å². The second-order valence-corrected chi connectivity index (χ2v) is 8.24. The van der Waals surface area contributed by atoms with Crippen LogP contribution >= 0.6 is 0 Å². The van der Waals surface area contributed by atoms with Crippen LogP contribution in [-0.2, 0) is 21.3 Å². The Hall–Kier alpha value is -2.16. The largest absolute Gasteiger partial charge is 0.494 e. The molecule has 27 heavy (non-hydrogen) atoms. The first kappa shape index (κ1) is 19.6. The average molecular weight is 391 g/mol. The maximum absolute atomic E-state index is 12.6. The highest BCUT2D eigenvalue weighted by Gasteiger charge is 2.26. The second kappa shape index (κ2) is 8.69. The minimum atomic E-state index is -3.52. The van der Waals surface area contributed by atoms with Crippen LogP contribution in [0.2, 0.25) is 0 Å². The Balaban J connectivity index is 1.67. The minimum Gasteiger partial charge on any atom is -0.494 e. The van der Waals surface area contributed by atoms with E-state index < -0.39 is 10.0 Å².